The van der Waals surface area contributed by atoms with Crippen molar-refractivity contribution in [1.82, 2.24) is 0 Å². The molecule has 0 aromatic carbocycles. The normalized spacial score (nSPS) is 12.6. The second-order valence-electron chi connectivity index (χ2n) is 1.33. The van der Waals surface area contributed by atoms with Gasteiger partial charge in [0.05, 0.1) is 6.61 Å². The Labute approximate surface area is 58.9 Å². The summed E-state index contributed by atoms with van der Waals surface area (Å²) in [6.45, 7) is 0.453. The molecule has 3 nitrogen and oxygen atoms in total. The van der Waals surface area contributed by atoms with Crippen molar-refractivity contribution in [2.45, 2.75) is 5.44 Å². The molecule has 0 aliphatic heterocycles. The van der Waals surface area contributed by atoms with Crippen molar-refractivity contribution < 1.29 is 9.47 Å². The quantitative estimate of drug-likeness (QED) is 0.436. The lowest BCUT2D eigenvalue weighted by Gasteiger charge is -2.07. The maximum atomic E-state index is 8.17. The summed E-state index contributed by atoms with van der Waals surface area (Å²) >= 11 is 1.06. The van der Waals surface area contributed by atoms with Crippen LogP contribution < -0.4 is 0 Å². The molecule has 0 radical (unpaired) electrons. The van der Waals surface area contributed by atoms with Gasteiger partial charge in [-0.15, -0.1) is 0 Å². The van der Waals surface area contributed by atoms with E-state index in [1.807, 2.05) is 5.40 Å². The van der Waals surface area contributed by atoms with Crippen LogP contribution in [0.25, 0.3) is 0 Å². The molecule has 0 heterocycles. The van der Waals surface area contributed by atoms with Crippen molar-refractivity contribution in [2.75, 3.05) is 20.8 Å². The molecule has 0 N–H and O–H groups in total. The van der Waals surface area contributed by atoms with Crippen LogP contribution in [-0.2, 0) is 9.47 Å². The molecule has 52 valence electrons. The second-order valence-corrected chi connectivity index (χ2v) is 2.27. The fraction of sp³-hybridized carbons (Fsp3) is 0.800. The van der Waals surface area contributed by atoms with Gasteiger partial charge in [0.2, 0.25) is 0 Å². The van der Waals surface area contributed by atoms with E-state index in [2.05, 4.69) is 0 Å². The van der Waals surface area contributed by atoms with E-state index in [0.29, 0.717) is 6.61 Å². The summed E-state index contributed by atoms with van der Waals surface area (Å²) in [6, 6.07) is 0. The van der Waals surface area contributed by atoms with Gasteiger partial charge in [0, 0.05) is 14.2 Å². The summed E-state index contributed by atoms with van der Waals surface area (Å²) in [5.41, 5.74) is -0.153. The maximum Gasteiger partial charge on any atom is 0.139 e. The fourth-order valence-corrected chi connectivity index (χ4v) is 0.763. The van der Waals surface area contributed by atoms with Crippen LogP contribution in [0.3, 0.4) is 0 Å². The lowest BCUT2D eigenvalue weighted by Crippen LogP contribution is -2.11. The third-order valence-corrected chi connectivity index (χ3v) is 1.45. The Morgan fingerprint density at radius 2 is 2.33 bits per heavy atom. The van der Waals surface area contributed by atoms with Crippen LogP contribution in [0.2, 0.25) is 0 Å². The Morgan fingerprint density at radius 1 is 1.67 bits per heavy atom. The Bertz CT molecular complexity index is 102. The summed E-state index contributed by atoms with van der Waals surface area (Å²) in [5.74, 6) is 0. The van der Waals surface area contributed by atoms with E-state index in [9.17, 15) is 0 Å². The molecule has 0 bridgehead atoms. The van der Waals surface area contributed by atoms with Gasteiger partial charge in [-0.05, 0) is 11.8 Å². The summed E-state index contributed by atoms with van der Waals surface area (Å²) in [4.78, 5) is 0. The standard InChI is InChI=1S/C5H9NO2S/c1-7-3-5(8-2)9-4-6/h5H,3H2,1-2H3. The van der Waals surface area contributed by atoms with Crippen LogP contribution in [0.1, 0.15) is 0 Å². The van der Waals surface area contributed by atoms with E-state index in [1.54, 1.807) is 14.2 Å². The highest BCUT2D eigenvalue weighted by molar-refractivity contribution is 8.04. The lowest BCUT2D eigenvalue weighted by atomic mass is 10.8. The Hall–Kier alpha value is -0.240. The first-order valence-electron chi connectivity index (χ1n) is 2.41. The van der Waals surface area contributed by atoms with Crippen LogP contribution in [0.4, 0.5) is 0 Å². The molecule has 0 aliphatic carbocycles. The molecule has 0 saturated heterocycles. The van der Waals surface area contributed by atoms with Crippen LogP contribution in [0.5, 0.6) is 0 Å². The van der Waals surface area contributed by atoms with Gasteiger partial charge in [-0.25, -0.2) is 0 Å². The Balaban J connectivity index is 3.32. The van der Waals surface area contributed by atoms with Gasteiger partial charge in [0.15, 0.2) is 0 Å². The maximum absolute atomic E-state index is 8.17. The van der Waals surface area contributed by atoms with Crippen LogP contribution in [0.15, 0.2) is 0 Å². The molecule has 0 aromatic heterocycles. The number of rotatable bonds is 4. The first-order chi connectivity index (χ1) is 4.35. The molecular weight excluding hydrogens is 138 g/mol. The molecule has 9 heavy (non-hydrogen) atoms. The van der Waals surface area contributed by atoms with Crippen LogP contribution in [-0.4, -0.2) is 26.3 Å². The molecule has 1 atom stereocenters. The zero-order valence-corrected chi connectivity index (χ0v) is 6.27. The van der Waals surface area contributed by atoms with Crippen molar-refractivity contribution in [2.24, 2.45) is 0 Å². The largest absolute Gasteiger partial charge is 0.381 e. The fourth-order valence-electron chi connectivity index (χ4n) is 0.345. The Morgan fingerprint density at radius 3 is 2.67 bits per heavy atom. The van der Waals surface area contributed by atoms with E-state index >= 15 is 0 Å². The number of ether oxygens (including phenoxy) is 2. The molecule has 0 amide bonds. The van der Waals surface area contributed by atoms with Crippen molar-refractivity contribution in [3.05, 3.63) is 0 Å². The lowest BCUT2D eigenvalue weighted by molar-refractivity contribution is 0.0818. The molecule has 0 rings (SSSR count). The highest BCUT2D eigenvalue weighted by atomic mass is 32.2. The Kier molecular flexibility index (Phi) is 5.73. The average Bonchev–Trinajstić information content (AvgIpc) is 1.88. The van der Waals surface area contributed by atoms with E-state index in [4.69, 9.17) is 14.7 Å². The van der Waals surface area contributed by atoms with Crippen LogP contribution >= 0.6 is 11.8 Å². The number of hydrogen-bond donors (Lipinski definition) is 0. The van der Waals surface area contributed by atoms with E-state index < -0.39 is 0 Å². The molecule has 0 saturated carbocycles. The van der Waals surface area contributed by atoms with E-state index in [-0.39, 0.29) is 5.44 Å². The topological polar surface area (TPSA) is 42.2 Å². The SMILES string of the molecule is COCC(OC)SC#N. The highest BCUT2D eigenvalue weighted by Gasteiger charge is 2.04. The first kappa shape index (κ1) is 8.76. The van der Waals surface area contributed by atoms with Gasteiger partial charge in [0.1, 0.15) is 10.8 Å². The predicted molar refractivity (Wildman–Crippen MR) is 35.9 cm³/mol. The molecule has 0 aliphatic rings. The van der Waals surface area contributed by atoms with E-state index in [1.165, 1.54) is 0 Å². The third-order valence-electron chi connectivity index (χ3n) is 0.750. The number of methoxy groups -OCH3 is 2. The summed E-state index contributed by atoms with van der Waals surface area (Å²) in [5, 5.41) is 10.1. The van der Waals surface area contributed by atoms with Gasteiger partial charge in [0.25, 0.3) is 0 Å². The van der Waals surface area contributed by atoms with Gasteiger partial charge in [-0.3, -0.25) is 0 Å². The smallest absolute Gasteiger partial charge is 0.139 e. The molecule has 0 aromatic rings. The van der Waals surface area contributed by atoms with Gasteiger partial charge >= 0.3 is 0 Å². The predicted octanol–water partition coefficient (Wildman–Crippen LogP) is 0.820. The summed E-state index contributed by atoms with van der Waals surface area (Å²) < 4.78 is 9.60. The monoisotopic (exact) mass is 147 g/mol. The number of nitriles is 1. The number of thiocyanates is 1. The first-order valence-corrected chi connectivity index (χ1v) is 3.29. The molecule has 1 unspecified atom stereocenters. The molecule has 4 heteroatoms. The average molecular weight is 147 g/mol. The number of hydrogen-bond acceptors (Lipinski definition) is 4. The molecular formula is C5H9NO2S. The third kappa shape index (κ3) is 4.28. The molecule has 0 fully saturated rings. The minimum atomic E-state index is -0.153. The van der Waals surface area contributed by atoms with Crippen molar-refractivity contribution in [3.8, 4) is 5.40 Å². The highest BCUT2D eigenvalue weighted by Crippen LogP contribution is 2.08. The minimum Gasteiger partial charge on any atom is -0.381 e. The number of thioether (sulfide) groups is 1. The van der Waals surface area contributed by atoms with Crippen molar-refractivity contribution >= 4 is 11.8 Å². The zero-order valence-electron chi connectivity index (χ0n) is 5.46. The zero-order chi connectivity index (χ0) is 7.11. The van der Waals surface area contributed by atoms with Gasteiger partial charge in [-0.2, -0.15) is 5.26 Å². The number of nitrogens with zero attached hydrogens (tertiary/aromatic N) is 1. The van der Waals surface area contributed by atoms with Crippen LogP contribution in [0, 0.1) is 10.7 Å². The van der Waals surface area contributed by atoms with Gasteiger partial charge < -0.3 is 9.47 Å². The van der Waals surface area contributed by atoms with Gasteiger partial charge in [-0.1, -0.05) is 0 Å². The second kappa shape index (κ2) is 5.89. The van der Waals surface area contributed by atoms with Crippen molar-refractivity contribution in [3.63, 3.8) is 0 Å². The summed E-state index contributed by atoms with van der Waals surface area (Å²) in [6.07, 6.45) is 0. The van der Waals surface area contributed by atoms with E-state index in [0.717, 1.165) is 11.8 Å². The van der Waals surface area contributed by atoms with Crippen molar-refractivity contribution in [1.29, 1.82) is 5.26 Å². The molecule has 0 spiro atoms. The minimum absolute atomic E-state index is 0.153. The summed E-state index contributed by atoms with van der Waals surface area (Å²) in [7, 11) is 3.12.